The molecule has 1 saturated heterocycles. The van der Waals surface area contributed by atoms with Gasteiger partial charge in [0.15, 0.2) is 5.17 Å². The van der Waals surface area contributed by atoms with Crippen LogP contribution in [0.4, 0.5) is 11.4 Å². The molecule has 1 aliphatic rings. The fraction of sp³-hybridized carbons (Fsp3) is 0.286. The van der Waals surface area contributed by atoms with Gasteiger partial charge < -0.3 is 14.8 Å². The minimum Gasteiger partial charge on any atom is -0.372 e. The van der Waals surface area contributed by atoms with Crippen molar-refractivity contribution in [2.24, 2.45) is 4.99 Å². The largest absolute Gasteiger partial charge is 0.372 e. The van der Waals surface area contributed by atoms with Crippen LogP contribution in [-0.2, 0) is 4.79 Å². The first-order chi connectivity index (χ1) is 16.7. The molecule has 4 rings (SSSR count). The van der Waals surface area contributed by atoms with E-state index < -0.39 is 0 Å². The number of aliphatic imine (C=N–C) groups is 1. The van der Waals surface area contributed by atoms with Gasteiger partial charge in [-0.25, -0.2) is 4.99 Å². The Hall–Kier alpha value is -2.77. The van der Waals surface area contributed by atoms with Crippen LogP contribution >= 0.6 is 27.7 Å². The molecular weight excluding hydrogens is 520 g/mol. The summed E-state index contributed by atoms with van der Waals surface area (Å²) < 4.78 is 3.32. The summed E-state index contributed by atoms with van der Waals surface area (Å²) in [6.07, 6.45) is 1.96. The van der Waals surface area contributed by atoms with Gasteiger partial charge in [-0.15, -0.1) is 0 Å². The first kappa shape index (κ1) is 25.3. The van der Waals surface area contributed by atoms with E-state index >= 15 is 0 Å². The summed E-state index contributed by atoms with van der Waals surface area (Å²) in [5.74, 6) is -0.118. The van der Waals surface area contributed by atoms with E-state index in [1.807, 2.05) is 32.1 Å². The maximum atomic E-state index is 12.7. The third kappa shape index (κ3) is 5.26. The maximum absolute atomic E-state index is 12.7. The second kappa shape index (κ2) is 10.5. The van der Waals surface area contributed by atoms with Crippen LogP contribution in [0.15, 0.2) is 56.8 Å². The lowest BCUT2D eigenvalue weighted by molar-refractivity contribution is -0.115. The van der Waals surface area contributed by atoms with E-state index in [4.69, 9.17) is 0 Å². The van der Waals surface area contributed by atoms with E-state index in [1.54, 1.807) is 0 Å². The van der Waals surface area contributed by atoms with Crippen LogP contribution in [0.1, 0.15) is 41.9 Å². The molecule has 0 aliphatic carbocycles. The number of rotatable bonds is 6. The summed E-state index contributed by atoms with van der Waals surface area (Å²) in [5, 5.41) is 3.51. The van der Waals surface area contributed by atoms with Crippen molar-refractivity contribution in [2.45, 2.75) is 41.5 Å². The van der Waals surface area contributed by atoms with E-state index in [-0.39, 0.29) is 5.91 Å². The van der Waals surface area contributed by atoms with Crippen LogP contribution in [0.25, 0.3) is 11.8 Å². The zero-order valence-corrected chi connectivity index (χ0v) is 23.5. The zero-order chi connectivity index (χ0) is 25.3. The highest BCUT2D eigenvalue weighted by atomic mass is 79.9. The fourth-order valence-electron chi connectivity index (χ4n) is 4.46. The van der Waals surface area contributed by atoms with Gasteiger partial charge in [0, 0.05) is 40.3 Å². The van der Waals surface area contributed by atoms with Crippen molar-refractivity contribution in [3.63, 3.8) is 0 Å². The molecule has 35 heavy (non-hydrogen) atoms. The number of carbonyl (C=O) groups excluding carboxylic acids is 1. The number of aromatic nitrogens is 1. The number of nitrogens with zero attached hydrogens (tertiary/aromatic N) is 3. The van der Waals surface area contributed by atoms with E-state index in [0.717, 1.165) is 57.0 Å². The van der Waals surface area contributed by atoms with Crippen molar-refractivity contribution >= 4 is 56.2 Å². The van der Waals surface area contributed by atoms with Crippen molar-refractivity contribution in [1.29, 1.82) is 0 Å². The Bertz CT molecular complexity index is 1310. The summed E-state index contributed by atoms with van der Waals surface area (Å²) in [4.78, 5) is 20.3. The molecule has 3 aromatic rings. The topological polar surface area (TPSA) is 49.6 Å². The van der Waals surface area contributed by atoms with E-state index in [2.05, 4.69) is 93.7 Å². The lowest BCUT2D eigenvalue weighted by Crippen LogP contribution is -2.21. The SMILES string of the molecule is CCN(CC)c1ccc(-n2c(C)cc(/C=C3\SC(=Nc4cc(C)c(Br)c(C)c4)NC3=O)c2C)cc1. The zero-order valence-electron chi connectivity index (χ0n) is 21.1. The second-order valence-corrected chi connectivity index (χ2v) is 10.5. The summed E-state index contributed by atoms with van der Waals surface area (Å²) in [5.41, 5.74) is 8.67. The molecule has 2 aromatic carbocycles. The molecule has 0 atom stereocenters. The number of hydrogen-bond acceptors (Lipinski definition) is 4. The Morgan fingerprint density at radius 2 is 1.66 bits per heavy atom. The number of aryl methyl sites for hydroxylation is 3. The molecule has 5 nitrogen and oxygen atoms in total. The van der Waals surface area contributed by atoms with Gasteiger partial charge in [-0.1, -0.05) is 15.9 Å². The number of amides is 1. The quantitative estimate of drug-likeness (QED) is 0.330. The Morgan fingerprint density at radius 3 is 2.26 bits per heavy atom. The molecule has 1 aliphatic heterocycles. The Balaban J connectivity index is 1.60. The summed E-state index contributed by atoms with van der Waals surface area (Å²) in [6.45, 7) is 14.6. The molecule has 1 amide bonds. The van der Waals surface area contributed by atoms with Crippen molar-refractivity contribution in [2.75, 3.05) is 18.0 Å². The Morgan fingerprint density at radius 1 is 1.03 bits per heavy atom. The van der Waals surface area contributed by atoms with Gasteiger partial charge in [-0.2, -0.15) is 0 Å². The number of anilines is 1. The van der Waals surface area contributed by atoms with Gasteiger partial charge in [0.1, 0.15) is 0 Å². The lowest BCUT2D eigenvalue weighted by atomic mass is 10.1. The van der Waals surface area contributed by atoms with Crippen molar-refractivity contribution in [3.05, 3.63) is 79.9 Å². The third-order valence-corrected chi connectivity index (χ3v) is 8.46. The standard InChI is InChI=1S/C28H31BrN4OS/c1-7-32(8-2)23-9-11-24(12-10-23)33-19(5)15-21(20(33)6)16-25-27(34)31-28(35-25)30-22-13-17(3)26(29)18(4)14-22/h9-16H,7-8H2,1-6H3,(H,30,31,34)/b25-16-. The van der Waals surface area contributed by atoms with Crippen LogP contribution < -0.4 is 10.2 Å². The van der Waals surface area contributed by atoms with Gasteiger partial charge in [0.25, 0.3) is 5.91 Å². The predicted molar refractivity (Wildman–Crippen MR) is 153 cm³/mol. The van der Waals surface area contributed by atoms with Crippen molar-refractivity contribution < 1.29 is 4.79 Å². The molecular formula is C28H31BrN4OS. The average molecular weight is 552 g/mol. The van der Waals surface area contributed by atoms with Crippen molar-refractivity contribution in [1.82, 2.24) is 9.88 Å². The lowest BCUT2D eigenvalue weighted by Gasteiger charge is -2.21. The third-order valence-electron chi connectivity index (χ3n) is 6.30. The number of halogens is 1. The molecule has 7 heteroatoms. The second-order valence-electron chi connectivity index (χ2n) is 8.73. The first-order valence-electron chi connectivity index (χ1n) is 11.8. The molecule has 0 bridgehead atoms. The first-order valence-corrected chi connectivity index (χ1v) is 13.4. The summed E-state index contributed by atoms with van der Waals surface area (Å²) in [6, 6.07) is 14.8. The van der Waals surface area contributed by atoms with E-state index in [1.165, 1.54) is 17.4 Å². The minimum atomic E-state index is -0.118. The highest BCUT2D eigenvalue weighted by Gasteiger charge is 2.25. The molecule has 182 valence electrons. The fourth-order valence-corrected chi connectivity index (χ4v) is 5.52. The van der Waals surface area contributed by atoms with Crippen LogP contribution in [0.3, 0.4) is 0 Å². The van der Waals surface area contributed by atoms with Gasteiger partial charge in [0.2, 0.25) is 0 Å². The summed E-state index contributed by atoms with van der Waals surface area (Å²) in [7, 11) is 0. The van der Waals surface area contributed by atoms with Crippen LogP contribution in [0.5, 0.6) is 0 Å². The van der Waals surface area contributed by atoms with Gasteiger partial charge in [0.05, 0.1) is 10.6 Å². The smallest absolute Gasteiger partial charge is 0.264 e. The van der Waals surface area contributed by atoms with E-state index in [9.17, 15) is 4.79 Å². The number of nitrogens with one attached hydrogen (secondary N) is 1. The molecule has 0 unspecified atom stereocenters. The van der Waals surface area contributed by atoms with Gasteiger partial charge in [-0.05, 0) is 119 Å². The van der Waals surface area contributed by atoms with Crippen LogP contribution in [-0.4, -0.2) is 28.7 Å². The van der Waals surface area contributed by atoms with Crippen LogP contribution in [0.2, 0.25) is 0 Å². The van der Waals surface area contributed by atoms with Crippen molar-refractivity contribution in [3.8, 4) is 5.69 Å². The number of carbonyl (C=O) groups is 1. The summed E-state index contributed by atoms with van der Waals surface area (Å²) >= 11 is 4.97. The minimum absolute atomic E-state index is 0.118. The molecule has 2 heterocycles. The normalized spacial score (nSPS) is 15.8. The molecule has 0 radical (unpaired) electrons. The molecule has 1 aromatic heterocycles. The number of benzene rings is 2. The molecule has 1 N–H and O–H groups in total. The van der Waals surface area contributed by atoms with Gasteiger partial charge >= 0.3 is 0 Å². The highest BCUT2D eigenvalue weighted by Crippen LogP contribution is 2.32. The maximum Gasteiger partial charge on any atom is 0.264 e. The molecule has 0 spiro atoms. The molecule has 0 saturated carbocycles. The Kier molecular flexibility index (Phi) is 7.57. The van der Waals surface area contributed by atoms with Crippen LogP contribution in [0, 0.1) is 27.7 Å². The molecule has 1 fully saturated rings. The highest BCUT2D eigenvalue weighted by molar-refractivity contribution is 9.10. The number of thioether (sulfide) groups is 1. The van der Waals surface area contributed by atoms with E-state index in [0.29, 0.717) is 10.1 Å². The monoisotopic (exact) mass is 550 g/mol. The Labute approximate surface area is 220 Å². The number of hydrogen-bond donors (Lipinski definition) is 1. The predicted octanol–water partition coefficient (Wildman–Crippen LogP) is 7.21. The average Bonchev–Trinajstić information content (AvgIpc) is 3.31. The van der Waals surface area contributed by atoms with Gasteiger partial charge in [-0.3, -0.25) is 4.79 Å². The number of amidine groups is 1.